The summed E-state index contributed by atoms with van der Waals surface area (Å²) in [6.45, 7) is 2.82. The smallest absolute Gasteiger partial charge is 0.398 e. The monoisotopic (exact) mass is 274 g/mol. The van der Waals surface area contributed by atoms with Crippen LogP contribution in [0.15, 0.2) is 18.2 Å². The zero-order valence-electron chi connectivity index (χ0n) is 10.7. The van der Waals surface area contributed by atoms with Crippen LogP contribution in [0.4, 0.5) is 24.5 Å². The summed E-state index contributed by atoms with van der Waals surface area (Å²) in [7, 11) is 0. The van der Waals surface area contributed by atoms with Crippen molar-refractivity contribution in [3.05, 3.63) is 23.8 Å². The standard InChI is InChI=1S/C13H17F3N2O/c1-12(19)4-6-18(7-5-12)9-2-3-11(17)10(8-9)13(14,15)16/h2-3,8,19H,4-7,17H2,1H3. The molecular weight excluding hydrogens is 257 g/mol. The summed E-state index contributed by atoms with van der Waals surface area (Å²) < 4.78 is 38.3. The fourth-order valence-electron chi connectivity index (χ4n) is 2.23. The third-order valence-electron chi connectivity index (χ3n) is 3.55. The van der Waals surface area contributed by atoms with E-state index >= 15 is 0 Å². The molecule has 0 amide bonds. The molecule has 1 heterocycles. The third kappa shape index (κ3) is 3.12. The predicted octanol–water partition coefficient (Wildman–Crippen LogP) is 2.64. The molecule has 0 aliphatic carbocycles. The van der Waals surface area contributed by atoms with Crippen molar-refractivity contribution in [2.45, 2.75) is 31.5 Å². The van der Waals surface area contributed by atoms with Crippen molar-refractivity contribution in [3.8, 4) is 0 Å². The first-order valence-electron chi connectivity index (χ1n) is 6.13. The van der Waals surface area contributed by atoms with Gasteiger partial charge in [-0.3, -0.25) is 0 Å². The van der Waals surface area contributed by atoms with Crippen molar-refractivity contribution in [1.29, 1.82) is 0 Å². The molecular formula is C13H17F3N2O. The molecule has 1 aliphatic heterocycles. The number of hydrogen-bond acceptors (Lipinski definition) is 3. The van der Waals surface area contributed by atoms with Gasteiger partial charge in [0.15, 0.2) is 0 Å². The molecule has 6 heteroatoms. The minimum Gasteiger partial charge on any atom is -0.398 e. The van der Waals surface area contributed by atoms with Gasteiger partial charge in [0, 0.05) is 24.5 Å². The van der Waals surface area contributed by atoms with Crippen molar-refractivity contribution in [2.75, 3.05) is 23.7 Å². The molecule has 3 nitrogen and oxygen atoms in total. The second-order valence-corrected chi connectivity index (χ2v) is 5.25. The maximum absolute atomic E-state index is 12.8. The molecule has 0 saturated carbocycles. The molecule has 1 aromatic rings. The van der Waals surface area contributed by atoms with E-state index < -0.39 is 17.3 Å². The molecule has 0 bridgehead atoms. The number of rotatable bonds is 1. The molecule has 3 N–H and O–H groups in total. The van der Waals surface area contributed by atoms with Crippen molar-refractivity contribution < 1.29 is 18.3 Å². The van der Waals surface area contributed by atoms with Crippen LogP contribution < -0.4 is 10.6 Å². The Morgan fingerprint density at radius 2 is 1.84 bits per heavy atom. The van der Waals surface area contributed by atoms with Crippen LogP contribution in [0, 0.1) is 0 Å². The molecule has 0 radical (unpaired) electrons. The minimum absolute atomic E-state index is 0.264. The molecule has 0 spiro atoms. The highest BCUT2D eigenvalue weighted by molar-refractivity contribution is 5.59. The Bertz CT molecular complexity index is 461. The zero-order valence-corrected chi connectivity index (χ0v) is 10.7. The molecule has 0 atom stereocenters. The molecule has 106 valence electrons. The van der Waals surface area contributed by atoms with Gasteiger partial charge in [0.2, 0.25) is 0 Å². The minimum atomic E-state index is -4.44. The van der Waals surface area contributed by atoms with Crippen LogP contribution in [-0.2, 0) is 6.18 Å². The summed E-state index contributed by atoms with van der Waals surface area (Å²) in [5.74, 6) is 0. The molecule has 1 aromatic carbocycles. The van der Waals surface area contributed by atoms with Gasteiger partial charge < -0.3 is 15.7 Å². The van der Waals surface area contributed by atoms with E-state index in [2.05, 4.69) is 0 Å². The fourth-order valence-corrected chi connectivity index (χ4v) is 2.23. The Labute approximate surface area is 109 Å². The van der Waals surface area contributed by atoms with Crippen molar-refractivity contribution in [1.82, 2.24) is 0 Å². The van der Waals surface area contributed by atoms with E-state index in [-0.39, 0.29) is 5.69 Å². The number of aliphatic hydroxyl groups is 1. The molecule has 1 aliphatic rings. The van der Waals surface area contributed by atoms with Crippen LogP contribution in [-0.4, -0.2) is 23.8 Å². The maximum atomic E-state index is 12.8. The lowest BCUT2D eigenvalue weighted by Gasteiger charge is -2.37. The number of nitrogen functional groups attached to an aromatic ring is 1. The second kappa shape index (κ2) is 4.59. The van der Waals surface area contributed by atoms with Gasteiger partial charge in [-0.15, -0.1) is 0 Å². The van der Waals surface area contributed by atoms with E-state index in [1.54, 1.807) is 13.0 Å². The Morgan fingerprint density at radius 3 is 2.37 bits per heavy atom. The summed E-state index contributed by atoms with van der Waals surface area (Å²) in [5.41, 5.74) is 4.07. The third-order valence-corrected chi connectivity index (χ3v) is 3.55. The van der Waals surface area contributed by atoms with Gasteiger partial charge in [-0.25, -0.2) is 0 Å². The number of halogens is 3. The molecule has 0 aromatic heterocycles. The number of alkyl halides is 3. The van der Waals surface area contributed by atoms with E-state index in [0.717, 1.165) is 6.07 Å². The molecule has 0 unspecified atom stereocenters. The van der Waals surface area contributed by atoms with E-state index in [4.69, 9.17) is 5.73 Å². The zero-order chi connectivity index (χ0) is 14.3. The highest BCUT2D eigenvalue weighted by Gasteiger charge is 2.34. The summed E-state index contributed by atoms with van der Waals surface area (Å²) >= 11 is 0. The molecule has 1 fully saturated rings. The van der Waals surface area contributed by atoms with Gasteiger partial charge in [0.05, 0.1) is 11.2 Å². The summed E-state index contributed by atoms with van der Waals surface area (Å²) in [5, 5.41) is 9.84. The predicted molar refractivity (Wildman–Crippen MR) is 67.9 cm³/mol. The van der Waals surface area contributed by atoms with Gasteiger partial charge >= 0.3 is 6.18 Å². The maximum Gasteiger partial charge on any atom is 0.418 e. The fraction of sp³-hybridized carbons (Fsp3) is 0.538. The van der Waals surface area contributed by atoms with Crippen LogP contribution in [0.1, 0.15) is 25.3 Å². The Morgan fingerprint density at radius 1 is 1.26 bits per heavy atom. The first kappa shape index (κ1) is 14.0. The lowest BCUT2D eigenvalue weighted by molar-refractivity contribution is -0.136. The van der Waals surface area contributed by atoms with E-state index in [1.165, 1.54) is 6.07 Å². The Kier molecular flexibility index (Phi) is 3.38. The van der Waals surface area contributed by atoms with Gasteiger partial charge in [-0.2, -0.15) is 13.2 Å². The lowest BCUT2D eigenvalue weighted by Crippen LogP contribution is -2.42. The van der Waals surface area contributed by atoms with Gasteiger partial charge in [0.25, 0.3) is 0 Å². The number of benzene rings is 1. The highest BCUT2D eigenvalue weighted by atomic mass is 19.4. The first-order chi connectivity index (χ1) is 8.69. The first-order valence-corrected chi connectivity index (χ1v) is 6.13. The quantitative estimate of drug-likeness (QED) is 0.774. The van der Waals surface area contributed by atoms with E-state index in [1.807, 2.05) is 4.90 Å². The van der Waals surface area contributed by atoms with Crippen LogP contribution >= 0.6 is 0 Å². The topological polar surface area (TPSA) is 49.5 Å². The number of nitrogens with two attached hydrogens (primary N) is 1. The number of anilines is 2. The van der Waals surface area contributed by atoms with Crippen LogP contribution in [0.25, 0.3) is 0 Å². The molecule has 2 rings (SSSR count). The SMILES string of the molecule is CC1(O)CCN(c2ccc(N)c(C(F)(F)F)c2)CC1. The summed E-state index contributed by atoms with van der Waals surface area (Å²) in [6.07, 6.45) is -3.36. The van der Waals surface area contributed by atoms with Crippen LogP contribution in [0.3, 0.4) is 0 Å². The van der Waals surface area contributed by atoms with Crippen molar-refractivity contribution in [2.24, 2.45) is 0 Å². The number of hydrogen-bond donors (Lipinski definition) is 2. The number of piperidine rings is 1. The normalized spacial score (nSPS) is 19.5. The summed E-state index contributed by atoms with van der Waals surface area (Å²) in [4.78, 5) is 1.84. The van der Waals surface area contributed by atoms with Crippen molar-refractivity contribution in [3.63, 3.8) is 0 Å². The van der Waals surface area contributed by atoms with Crippen molar-refractivity contribution >= 4 is 11.4 Å². The highest BCUT2D eigenvalue weighted by Crippen LogP contribution is 2.36. The molecule has 19 heavy (non-hydrogen) atoms. The average Bonchev–Trinajstić information content (AvgIpc) is 2.28. The Hall–Kier alpha value is -1.43. The van der Waals surface area contributed by atoms with Gasteiger partial charge in [0.1, 0.15) is 0 Å². The largest absolute Gasteiger partial charge is 0.418 e. The van der Waals surface area contributed by atoms with Crippen LogP contribution in [0.5, 0.6) is 0 Å². The van der Waals surface area contributed by atoms with Crippen LogP contribution in [0.2, 0.25) is 0 Å². The lowest BCUT2D eigenvalue weighted by atomic mass is 9.93. The second-order valence-electron chi connectivity index (χ2n) is 5.25. The Balaban J connectivity index is 2.23. The van der Waals surface area contributed by atoms with E-state index in [9.17, 15) is 18.3 Å². The van der Waals surface area contributed by atoms with Gasteiger partial charge in [-0.05, 0) is 38.0 Å². The van der Waals surface area contributed by atoms with E-state index in [0.29, 0.717) is 31.6 Å². The molecule has 1 saturated heterocycles. The van der Waals surface area contributed by atoms with Gasteiger partial charge in [-0.1, -0.05) is 0 Å². The number of nitrogens with zero attached hydrogens (tertiary/aromatic N) is 1. The average molecular weight is 274 g/mol. The summed E-state index contributed by atoms with van der Waals surface area (Å²) in [6, 6.07) is 3.95.